The fourth-order valence-electron chi connectivity index (χ4n) is 0.519. The molecule has 0 heterocycles. The zero-order chi connectivity index (χ0) is 8.85. The Morgan fingerprint density at radius 1 is 1.64 bits per heavy atom. The molecule has 0 saturated carbocycles. The summed E-state index contributed by atoms with van der Waals surface area (Å²) in [6.45, 7) is 1.84. The van der Waals surface area contributed by atoms with Crippen LogP contribution in [0.15, 0.2) is 5.10 Å². The third kappa shape index (κ3) is 3.72. The van der Waals surface area contributed by atoms with E-state index in [-0.39, 0.29) is 10.4 Å². The Morgan fingerprint density at radius 3 is 2.45 bits per heavy atom. The van der Waals surface area contributed by atoms with Crippen LogP contribution in [0.4, 0.5) is 0 Å². The Balaban J connectivity index is 3.98. The Kier molecular flexibility index (Phi) is 4.44. The van der Waals surface area contributed by atoms with E-state index in [1.54, 1.807) is 0 Å². The summed E-state index contributed by atoms with van der Waals surface area (Å²) in [4.78, 5) is 10.6. The van der Waals surface area contributed by atoms with Gasteiger partial charge in [0.25, 0.3) is 0 Å². The molecule has 0 aliphatic heterocycles. The summed E-state index contributed by atoms with van der Waals surface area (Å²) in [7, 11) is 0. The number of hydrogen-bond acceptors (Lipinski definition) is 4. The van der Waals surface area contributed by atoms with E-state index >= 15 is 0 Å². The van der Waals surface area contributed by atoms with Crippen molar-refractivity contribution < 1.29 is 4.79 Å². The largest absolute Gasteiger partial charge is 0.377 e. The van der Waals surface area contributed by atoms with Gasteiger partial charge in [-0.1, -0.05) is 18.7 Å². The molecule has 0 aromatic rings. The van der Waals surface area contributed by atoms with Crippen LogP contribution >= 0.6 is 11.8 Å². The van der Waals surface area contributed by atoms with Gasteiger partial charge in [0.05, 0.1) is 5.25 Å². The SMILES string of the molecule is CCC(SC(N)=NN)C(N)=O. The van der Waals surface area contributed by atoms with Crippen LogP contribution in [0.2, 0.25) is 0 Å². The molecule has 6 heteroatoms. The molecule has 1 amide bonds. The molecule has 0 bridgehead atoms. The van der Waals surface area contributed by atoms with Crippen molar-refractivity contribution in [2.75, 3.05) is 0 Å². The minimum absolute atomic E-state index is 0.177. The minimum Gasteiger partial charge on any atom is -0.377 e. The lowest BCUT2D eigenvalue weighted by molar-refractivity contribution is -0.117. The number of hydrogen-bond donors (Lipinski definition) is 3. The molecule has 1 unspecified atom stereocenters. The quantitative estimate of drug-likeness (QED) is 0.226. The van der Waals surface area contributed by atoms with Crippen molar-refractivity contribution >= 4 is 22.8 Å². The fraction of sp³-hybridized carbons (Fsp3) is 0.600. The second kappa shape index (κ2) is 4.84. The smallest absolute Gasteiger partial charge is 0.231 e. The molecule has 1 atom stereocenters. The molecule has 6 N–H and O–H groups in total. The first-order valence-corrected chi connectivity index (χ1v) is 3.99. The predicted octanol–water partition coefficient (Wildman–Crippen LogP) is -0.828. The number of nitrogens with zero attached hydrogens (tertiary/aromatic N) is 1. The van der Waals surface area contributed by atoms with E-state index in [0.717, 1.165) is 11.8 Å². The van der Waals surface area contributed by atoms with Crippen molar-refractivity contribution in [2.45, 2.75) is 18.6 Å². The summed E-state index contributed by atoms with van der Waals surface area (Å²) >= 11 is 1.08. The summed E-state index contributed by atoms with van der Waals surface area (Å²) in [6.07, 6.45) is 0.621. The maximum Gasteiger partial charge on any atom is 0.231 e. The van der Waals surface area contributed by atoms with Gasteiger partial charge in [0.2, 0.25) is 5.91 Å². The molecular formula is C5H12N4OS. The monoisotopic (exact) mass is 176 g/mol. The van der Waals surface area contributed by atoms with Crippen LogP contribution in [0.3, 0.4) is 0 Å². The molecule has 0 aromatic carbocycles. The lowest BCUT2D eigenvalue weighted by Crippen LogP contribution is -2.28. The number of amides is 1. The van der Waals surface area contributed by atoms with Gasteiger partial charge >= 0.3 is 0 Å². The summed E-state index contributed by atoms with van der Waals surface area (Å²) in [5.41, 5.74) is 10.3. The zero-order valence-electron chi connectivity index (χ0n) is 6.28. The number of amidine groups is 1. The molecule has 0 spiro atoms. The maximum atomic E-state index is 10.6. The molecular weight excluding hydrogens is 164 g/mol. The van der Waals surface area contributed by atoms with Gasteiger partial charge in [0.15, 0.2) is 5.17 Å². The van der Waals surface area contributed by atoms with E-state index in [1.807, 2.05) is 6.92 Å². The molecule has 0 saturated heterocycles. The van der Waals surface area contributed by atoms with Gasteiger partial charge in [-0.05, 0) is 6.42 Å². The van der Waals surface area contributed by atoms with Gasteiger partial charge in [0, 0.05) is 0 Å². The molecule has 11 heavy (non-hydrogen) atoms. The number of primary amides is 1. The highest BCUT2D eigenvalue weighted by atomic mass is 32.2. The summed E-state index contributed by atoms with van der Waals surface area (Å²) < 4.78 is 0. The van der Waals surface area contributed by atoms with Crippen molar-refractivity contribution in [1.82, 2.24) is 0 Å². The highest BCUT2D eigenvalue weighted by Crippen LogP contribution is 2.12. The number of carbonyl (C=O) groups excluding carboxylic acids is 1. The Hall–Kier alpha value is -0.910. The first-order valence-electron chi connectivity index (χ1n) is 3.11. The van der Waals surface area contributed by atoms with E-state index in [4.69, 9.17) is 17.3 Å². The van der Waals surface area contributed by atoms with Crippen molar-refractivity contribution in [3.05, 3.63) is 0 Å². The van der Waals surface area contributed by atoms with Gasteiger partial charge in [-0.25, -0.2) is 0 Å². The molecule has 0 fully saturated rings. The summed E-state index contributed by atoms with van der Waals surface area (Å²) in [5.74, 6) is 4.47. The number of nitrogens with two attached hydrogens (primary N) is 3. The van der Waals surface area contributed by atoms with E-state index in [2.05, 4.69) is 5.10 Å². The fourth-order valence-corrected chi connectivity index (χ4v) is 1.15. The van der Waals surface area contributed by atoms with E-state index in [9.17, 15) is 4.79 Å². The molecule has 0 aromatic heterocycles. The van der Waals surface area contributed by atoms with Gasteiger partial charge in [0.1, 0.15) is 0 Å². The lowest BCUT2D eigenvalue weighted by Gasteiger charge is -2.07. The maximum absolute atomic E-state index is 10.6. The van der Waals surface area contributed by atoms with Crippen molar-refractivity contribution in [2.24, 2.45) is 22.4 Å². The second-order valence-corrected chi connectivity index (χ2v) is 3.11. The summed E-state index contributed by atoms with van der Waals surface area (Å²) in [6, 6.07) is 0. The minimum atomic E-state index is -0.399. The number of thioether (sulfide) groups is 1. The predicted molar refractivity (Wildman–Crippen MR) is 46.7 cm³/mol. The normalized spacial score (nSPS) is 14.5. The first-order chi connectivity index (χ1) is 5.11. The van der Waals surface area contributed by atoms with Crippen LogP contribution in [-0.4, -0.2) is 16.3 Å². The number of rotatable bonds is 3. The van der Waals surface area contributed by atoms with Crippen molar-refractivity contribution in [3.8, 4) is 0 Å². The van der Waals surface area contributed by atoms with Crippen molar-refractivity contribution in [1.29, 1.82) is 0 Å². The molecule has 5 nitrogen and oxygen atoms in total. The van der Waals surface area contributed by atoms with Gasteiger partial charge in [-0.3, -0.25) is 4.79 Å². The molecule has 0 aliphatic carbocycles. The number of hydrazone groups is 1. The highest BCUT2D eigenvalue weighted by molar-refractivity contribution is 8.14. The Labute approximate surface area is 69.4 Å². The standard InChI is InChI=1S/C5H12N4OS/c1-2-3(4(6)10)11-5(7)9-8/h3H,2,8H2,1H3,(H2,6,10)(H2,7,9). The van der Waals surface area contributed by atoms with Crippen LogP contribution < -0.4 is 17.3 Å². The van der Waals surface area contributed by atoms with E-state index in [0.29, 0.717) is 6.42 Å². The first kappa shape index (κ1) is 10.1. The van der Waals surface area contributed by atoms with Gasteiger partial charge < -0.3 is 17.3 Å². The van der Waals surface area contributed by atoms with Gasteiger partial charge in [-0.15, -0.1) is 0 Å². The topological polar surface area (TPSA) is 107 Å². The van der Waals surface area contributed by atoms with E-state index < -0.39 is 5.91 Å². The van der Waals surface area contributed by atoms with Crippen LogP contribution in [-0.2, 0) is 4.79 Å². The summed E-state index contributed by atoms with van der Waals surface area (Å²) in [5, 5.41) is 3.05. The average Bonchev–Trinajstić information content (AvgIpc) is 1.99. The molecule has 0 rings (SSSR count). The number of carbonyl (C=O) groups is 1. The lowest BCUT2D eigenvalue weighted by atomic mass is 10.3. The average molecular weight is 176 g/mol. The van der Waals surface area contributed by atoms with Crippen LogP contribution in [0.25, 0.3) is 0 Å². The third-order valence-electron chi connectivity index (χ3n) is 1.08. The zero-order valence-corrected chi connectivity index (χ0v) is 7.10. The Morgan fingerprint density at radius 2 is 2.18 bits per heavy atom. The van der Waals surface area contributed by atoms with E-state index in [1.165, 1.54) is 0 Å². The molecule has 0 aliphatic rings. The van der Waals surface area contributed by atoms with Crippen LogP contribution in [0.1, 0.15) is 13.3 Å². The molecule has 64 valence electrons. The van der Waals surface area contributed by atoms with Crippen LogP contribution in [0.5, 0.6) is 0 Å². The van der Waals surface area contributed by atoms with Crippen LogP contribution in [0, 0.1) is 0 Å². The third-order valence-corrected chi connectivity index (χ3v) is 2.28. The highest BCUT2D eigenvalue weighted by Gasteiger charge is 2.14. The van der Waals surface area contributed by atoms with Crippen molar-refractivity contribution in [3.63, 3.8) is 0 Å². The Bertz CT molecular complexity index is 170. The van der Waals surface area contributed by atoms with Gasteiger partial charge in [-0.2, -0.15) is 5.10 Å². The molecule has 0 radical (unpaired) electrons. The second-order valence-electron chi connectivity index (χ2n) is 1.88.